The molecule has 1 unspecified atom stereocenters. The molecule has 0 saturated heterocycles. The Balaban J connectivity index is 1.73. The smallest absolute Gasteiger partial charge is 0.325 e. The molecule has 1 saturated carbocycles. The van der Waals surface area contributed by atoms with Gasteiger partial charge in [-0.3, -0.25) is 4.79 Å². The zero-order valence-electron chi connectivity index (χ0n) is 14.7. The molecule has 1 aliphatic carbocycles. The number of anilines is 1. The molecule has 1 fully saturated rings. The Bertz CT molecular complexity index is 845. The molecule has 9 heteroatoms. The quantitative estimate of drug-likeness (QED) is 0.554. The zero-order chi connectivity index (χ0) is 19.6. The van der Waals surface area contributed by atoms with E-state index in [1.807, 2.05) is 4.57 Å². The number of carbonyl (C=O) groups is 1. The lowest BCUT2D eigenvalue weighted by atomic mass is 10.1. The van der Waals surface area contributed by atoms with Crippen LogP contribution in [0, 0.1) is 0 Å². The van der Waals surface area contributed by atoms with Crippen molar-refractivity contribution < 1.29 is 18.0 Å². The second kappa shape index (κ2) is 7.75. The number of thioether (sulfide) groups is 1. The minimum atomic E-state index is -4.54. The van der Waals surface area contributed by atoms with Crippen molar-refractivity contribution in [2.45, 2.75) is 48.8 Å². The third kappa shape index (κ3) is 4.52. The molecule has 0 bridgehead atoms. The number of hydrogen-bond acceptors (Lipinski definition) is 4. The van der Waals surface area contributed by atoms with Crippen molar-refractivity contribution in [1.29, 1.82) is 0 Å². The van der Waals surface area contributed by atoms with Crippen LogP contribution in [0.25, 0.3) is 0 Å². The fraction of sp³-hybridized carbons (Fsp3) is 0.389. The number of halogens is 3. The summed E-state index contributed by atoms with van der Waals surface area (Å²) in [5, 5.41) is 10.6. The van der Waals surface area contributed by atoms with Crippen molar-refractivity contribution in [1.82, 2.24) is 14.8 Å². The lowest BCUT2D eigenvalue weighted by molar-refractivity contribution is -0.137. The largest absolute Gasteiger partial charge is 0.418 e. The highest BCUT2D eigenvalue weighted by Gasteiger charge is 2.34. The Labute approximate surface area is 159 Å². The average Bonchev–Trinajstić information content (AvgIpc) is 3.38. The van der Waals surface area contributed by atoms with Gasteiger partial charge >= 0.3 is 6.18 Å². The minimum Gasteiger partial charge on any atom is -0.325 e. The topological polar surface area (TPSA) is 59.8 Å². The third-order valence-electron chi connectivity index (χ3n) is 4.14. The van der Waals surface area contributed by atoms with Crippen LogP contribution in [0.2, 0.25) is 0 Å². The number of para-hydroxylation sites is 1. The van der Waals surface area contributed by atoms with Crippen molar-refractivity contribution in [3.8, 4) is 0 Å². The van der Waals surface area contributed by atoms with E-state index in [1.54, 1.807) is 13.0 Å². The maximum absolute atomic E-state index is 13.1. The second-order valence-corrected chi connectivity index (χ2v) is 7.61. The predicted molar refractivity (Wildman–Crippen MR) is 97.6 cm³/mol. The molecule has 1 aliphatic rings. The van der Waals surface area contributed by atoms with Crippen molar-refractivity contribution in [2.24, 2.45) is 0 Å². The van der Waals surface area contributed by atoms with Gasteiger partial charge in [-0.1, -0.05) is 30.0 Å². The lowest BCUT2D eigenvalue weighted by Crippen LogP contribution is -2.24. The maximum atomic E-state index is 13.1. The molecule has 0 spiro atoms. The van der Waals surface area contributed by atoms with E-state index in [2.05, 4.69) is 22.1 Å². The molecule has 144 valence electrons. The number of alkyl halides is 3. The SMILES string of the molecule is C=CCn1c(SC(C)C(=O)Nc2ccccc2C(F)(F)F)nnc1C1CC1. The van der Waals surface area contributed by atoms with E-state index in [1.165, 1.54) is 30.0 Å². The molecule has 0 aliphatic heterocycles. The van der Waals surface area contributed by atoms with Crippen LogP contribution in [0.3, 0.4) is 0 Å². The molecule has 5 nitrogen and oxygen atoms in total. The molecule has 3 rings (SSSR count). The van der Waals surface area contributed by atoms with Gasteiger partial charge in [0.1, 0.15) is 5.82 Å². The summed E-state index contributed by atoms with van der Waals surface area (Å²) in [6.07, 6.45) is -0.693. The molecule has 1 amide bonds. The number of hydrogen-bond donors (Lipinski definition) is 1. The van der Waals surface area contributed by atoms with Crippen LogP contribution in [-0.2, 0) is 17.5 Å². The summed E-state index contributed by atoms with van der Waals surface area (Å²) in [6, 6.07) is 4.92. The summed E-state index contributed by atoms with van der Waals surface area (Å²) in [6.45, 7) is 5.87. The fourth-order valence-electron chi connectivity index (χ4n) is 2.62. The molecule has 1 aromatic carbocycles. The van der Waals surface area contributed by atoms with E-state index in [4.69, 9.17) is 0 Å². The van der Waals surface area contributed by atoms with Gasteiger partial charge in [0.15, 0.2) is 5.16 Å². The van der Waals surface area contributed by atoms with Crippen molar-refractivity contribution in [3.63, 3.8) is 0 Å². The maximum Gasteiger partial charge on any atom is 0.418 e. The summed E-state index contributed by atoms with van der Waals surface area (Å²) in [4.78, 5) is 12.4. The monoisotopic (exact) mass is 396 g/mol. The average molecular weight is 396 g/mol. The standard InChI is InChI=1S/C18H19F3N4OS/c1-3-10-25-15(12-8-9-12)23-24-17(25)27-11(2)16(26)22-14-7-5-4-6-13(14)18(19,20)21/h3-7,11-12H,1,8-10H2,2H3,(H,22,26). The first-order valence-corrected chi connectivity index (χ1v) is 9.37. The molecule has 1 N–H and O–H groups in total. The summed E-state index contributed by atoms with van der Waals surface area (Å²) < 4.78 is 41.1. The van der Waals surface area contributed by atoms with Crippen molar-refractivity contribution in [3.05, 3.63) is 48.3 Å². The van der Waals surface area contributed by atoms with Gasteiger partial charge in [0.25, 0.3) is 0 Å². The van der Waals surface area contributed by atoms with Crippen molar-refractivity contribution in [2.75, 3.05) is 5.32 Å². The van der Waals surface area contributed by atoms with Gasteiger partial charge in [-0.2, -0.15) is 13.2 Å². The summed E-state index contributed by atoms with van der Waals surface area (Å²) >= 11 is 1.17. The summed E-state index contributed by atoms with van der Waals surface area (Å²) in [5.74, 6) is 0.722. The molecule has 1 aromatic heterocycles. The molecular weight excluding hydrogens is 377 g/mol. The predicted octanol–water partition coefficient (Wildman–Crippen LogP) is 4.48. The Morgan fingerprint density at radius 1 is 1.41 bits per heavy atom. The van der Waals surface area contributed by atoms with Crippen LogP contribution in [-0.4, -0.2) is 25.9 Å². The number of carbonyl (C=O) groups excluding carboxylic acids is 1. The van der Waals surface area contributed by atoms with Gasteiger partial charge in [0, 0.05) is 12.5 Å². The van der Waals surface area contributed by atoms with E-state index < -0.39 is 22.9 Å². The first-order valence-electron chi connectivity index (χ1n) is 8.49. The Hall–Kier alpha value is -2.29. The van der Waals surface area contributed by atoms with Gasteiger partial charge in [-0.25, -0.2) is 0 Å². The van der Waals surface area contributed by atoms with E-state index in [9.17, 15) is 18.0 Å². The van der Waals surface area contributed by atoms with Crippen molar-refractivity contribution >= 4 is 23.4 Å². The molecular formula is C18H19F3N4OS. The number of rotatable bonds is 7. The van der Waals surface area contributed by atoms with E-state index in [-0.39, 0.29) is 5.69 Å². The van der Waals surface area contributed by atoms with E-state index in [0.29, 0.717) is 17.6 Å². The highest BCUT2D eigenvalue weighted by Crippen LogP contribution is 2.40. The first-order chi connectivity index (χ1) is 12.8. The lowest BCUT2D eigenvalue weighted by Gasteiger charge is -2.16. The number of aromatic nitrogens is 3. The van der Waals surface area contributed by atoms with Crippen LogP contribution in [0.15, 0.2) is 42.1 Å². The van der Waals surface area contributed by atoms with Crippen LogP contribution in [0.5, 0.6) is 0 Å². The molecule has 0 radical (unpaired) electrons. The van der Waals surface area contributed by atoms with Crippen LogP contribution >= 0.6 is 11.8 Å². The highest BCUT2D eigenvalue weighted by atomic mass is 32.2. The first kappa shape index (κ1) is 19.5. The van der Waals surface area contributed by atoms with Crippen LogP contribution in [0.1, 0.15) is 37.1 Å². The Morgan fingerprint density at radius 2 is 2.11 bits per heavy atom. The van der Waals surface area contributed by atoms with Gasteiger partial charge in [0.05, 0.1) is 16.5 Å². The van der Waals surface area contributed by atoms with E-state index >= 15 is 0 Å². The fourth-order valence-corrected chi connectivity index (χ4v) is 3.48. The number of nitrogens with one attached hydrogen (secondary N) is 1. The Morgan fingerprint density at radius 3 is 2.74 bits per heavy atom. The van der Waals surface area contributed by atoms with E-state index in [0.717, 1.165) is 24.7 Å². The van der Waals surface area contributed by atoms with Gasteiger partial charge in [-0.15, -0.1) is 16.8 Å². The van der Waals surface area contributed by atoms with Gasteiger partial charge in [-0.05, 0) is 31.9 Å². The summed E-state index contributed by atoms with van der Waals surface area (Å²) in [7, 11) is 0. The number of benzene rings is 1. The summed E-state index contributed by atoms with van der Waals surface area (Å²) in [5.41, 5.74) is -1.13. The third-order valence-corrected chi connectivity index (χ3v) is 5.22. The molecule has 1 atom stereocenters. The zero-order valence-corrected chi connectivity index (χ0v) is 15.5. The molecule has 27 heavy (non-hydrogen) atoms. The normalized spacial score (nSPS) is 15.4. The van der Waals surface area contributed by atoms with Gasteiger partial charge in [0.2, 0.25) is 5.91 Å². The van der Waals surface area contributed by atoms with Crippen LogP contribution < -0.4 is 5.32 Å². The van der Waals surface area contributed by atoms with Gasteiger partial charge < -0.3 is 9.88 Å². The number of amides is 1. The second-order valence-electron chi connectivity index (χ2n) is 6.31. The number of nitrogens with zero attached hydrogens (tertiary/aromatic N) is 3. The number of allylic oxidation sites excluding steroid dienone is 1. The Kier molecular flexibility index (Phi) is 5.59. The highest BCUT2D eigenvalue weighted by molar-refractivity contribution is 8.00. The minimum absolute atomic E-state index is 0.256. The molecule has 1 heterocycles. The van der Waals surface area contributed by atoms with Crippen LogP contribution in [0.4, 0.5) is 18.9 Å². The molecule has 2 aromatic rings.